The Balaban J connectivity index is 1.88. The Kier molecular flexibility index (Phi) is 6.19. The molecule has 0 aromatic carbocycles. The fourth-order valence-corrected chi connectivity index (χ4v) is 5.47. The summed E-state index contributed by atoms with van der Waals surface area (Å²) in [4.78, 5) is 32.1. The van der Waals surface area contributed by atoms with Gasteiger partial charge >= 0.3 is 0 Å². The lowest BCUT2D eigenvalue weighted by atomic mass is 10.2. The first-order chi connectivity index (χ1) is 12.6. The molecule has 140 valence electrons. The third-order valence-corrected chi connectivity index (χ3v) is 6.95. The number of thiophene rings is 1. The van der Waals surface area contributed by atoms with Crippen molar-refractivity contribution in [1.29, 1.82) is 0 Å². The number of hydrogen-bond acceptors (Lipinski definition) is 5. The number of fused-ring (bicyclic) bond motifs is 3. The first kappa shape index (κ1) is 19.2. The summed E-state index contributed by atoms with van der Waals surface area (Å²) in [5.41, 5.74) is 1.18. The highest BCUT2D eigenvalue weighted by molar-refractivity contribution is 7.99. The molecular weight excluding hydrogens is 366 g/mol. The summed E-state index contributed by atoms with van der Waals surface area (Å²) in [5.74, 6) is 0.244. The Morgan fingerprint density at radius 2 is 2.19 bits per heavy atom. The van der Waals surface area contributed by atoms with E-state index in [1.54, 1.807) is 22.0 Å². The zero-order chi connectivity index (χ0) is 18.7. The van der Waals surface area contributed by atoms with E-state index in [2.05, 4.69) is 25.7 Å². The molecule has 26 heavy (non-hydrogen) atoms. The molecule has 0 bridgehead atoms. The second-order valence-corrected chi connectivity index (χ2v) is 8.53. The van der Waals surface area contributed by atoms with E-state index >= 15 is 0 Å². The van der Waals surface area contributed by atoms with Gasteiger partial charge in [-0.1, -0.05) is 31.7 Å². The molecule has 7 heteroatoms. The van der Waals surface area contributed by atoms with E-state index in [1.807, 2.05) is 0 Å². The van der Waals surface area contributed by atoms with Crippen molar-refractivity contribution >= 4 is 39.2 Å². The summed E-state index contributed by atoms with van der Waals surface area (Å²) in [6.07, 6.45) is 6.65. The minimum Gasteiger partial charge on any atom is -0.353 e. The topological polar surface area (TPSA) is 64.0 Å². The highest BCUT2D eigenvalue weighted by Gasteiger charge is 2.23. The van der Waals surface area contributed by atoms with E-state index in [4.69, 9.17) is 4.98 Å². The number of hydrogen-bond donors (Lipinski definition) is 1. The molecule has 2 aromatic rings. The van der Waals surface area contributed by atoms with Crippen molar-refractivity contribution in [3.63, 3.8) is 0 Å². The van der Waals surface area contributed by atoms with Gasteiger partial charge in [0.05, 0.1) is 11.1 Å². The molecule has 0 saturated heterocycles. The van der Waals surface area contributed by atoms with Crippen molar-refractivity contribution in [3.05, 3.63) is 33.4 Å². The first-order valence-electron chi connectivity index (χ1n) is 9.17. The Hall–Kier alpha value is -1.60. The fourth-order valence-electron chi connectivity index (χ4n) is 3.35. The molecule has 5 nitrogen and oxygen atoms in total. The quantitative estimate of drug-likeness (QED) is 0.425. The largest absolute Gasteiger partial charge is 0.353 e. The molecule has 0 unspecified atom stereocenters. The van der Waals surface area contributed by atoms with Crippen LogP contribution in [0.5, 0.6) is 0 Å². The predicted octanol–water partition coefficient (Wildman–Crippen LogP) is 3.53. The summed E-state index contributed by atoms with van der Waals surface area (Å²) < 4.78 is 1.65. The third-order valence-electron chi connectivity index (χ3n) is 4.78. The Morgan fingerprint density at radius 3 is 2.88 bits per heavy atom. The average Bonchev–Trinajstić information content (AvgIpc) is 3.21. The number of carbonyl (C=O) groups is 1. The molecule has 2 heterocycles. The molecule has 1 aliphatic rings. The van der Waals surface area contributed by atoms with E-state index in [0.29, 0.717) is 11.7 Å². The molecule has 0 saturated carbocycles. The summed E-state index contributed by atoms with van der Waals surface area (Å²) in [6.45, 7) is 8.30. The summed E-state index contributed by atoms with van der Waals surface area (Å²) in [5, 5.41) is 4.40. The van der Waals surface area contributed by atoms with Gasteiger partial charge in [0.25, 0.3) is 5.56 Å². The standard InChI is InChI=1S/C19H25N3O2S2/c1-4-10-22-18(24)16-13-8-7-9-14(13)26-17(16)21-19(22)25-11-15(23)20-12(5-2)6-3/h4,12H,1,5-11H2,2-3H3,(H,20,23). The number of nitrogens with zero attached hydrogens (tertiary/aromatic N) is 2. The molecule has 0 fully saturated rings. The smallest absolute Gasteiger partial charge is 0.263 e. The van der Waals surface area contributed by atoms with Crippen LogP contribution < -0.4 is 10.9 Å². The van der Waals surface area contributed by atoms with Gasteiger partial charge in [0, 0.05) is 17.5 Å². The monoisotopic (exact) mass is 391 g/mol. The SMILES string of the molecule is C=CCn1c(SCC(=O)NC(CC)CC)nc2sc3c(c2c1=O)CCC3. The van der Waals surface area contributed by atoms with Gasteiger partial charge in [0.15, 0.2) is 5.16 Å². The van der Waals surface area contributed by atoms with Crippen LogP contribution in [0.4, 0.5) is 0 Å². The normalized spacial score (nSPS) is 13.3. The average molecular weight is 392 g/mol. The zero-order valence-corrected chi connectivity index (χ0v) is 17.0. The molecule has 0 radical (unpaired) electrons. The first-order valence-corrected chi connectivity index (χ1v) is 11.0. The van der Waals surface area contributed by atoms with Crippen molar-refractivity contribution in [2.75, 3.05) is 5.75 Å². The Bertz CT molecular complexity index is 881. The van der Waals surface area contributed by atoms with Crippen LogP contribution in [-0.2, 0) is 24.2 Å². The molecule has 0 spiro atoms. The van der Waals surface area contributed by atoms with E-state index < -0.39 is 0 Å². The molecular formula is C19H25N3O2S2. The van der Waals surface area contributed by atoms with Crippen LogP contribution in [0.1, 0.15) is 43.6 Å². The van der Waals surface area contributed by atoms with Crippen molar-refractivity contribution in [2.24, 2.45) is 0 Å². The van der Waals surface area contributed by atoms with Crippen LogP contribution >= 0.6 is 23.1 Å². The zero-order valence-electron chi connectivity index (χ0n) is 15.3. The lowest BCUT2D eigenvalue weighted by Gasteiger charge is -2.15. The van der Waals surface area contributed by atoms with Crippen molar-refractivity contribution in [1.82, 2.24) is 14.9 Å². The predicted molar refractivity (Wildman–Crippen MR) is 109 cm³/mol. The number of carbonyl (C=O) groups excluding carboxylic acids is 1. The number of nitrogens with one attached hydrogen (secondary N) is 1. The maximum atomic E-state index is 13.0. The summed E-state index contributed by atoms with van der Waals surface area (Å²) in [7, 11) is 0. The van der Waals surface area contributed by atoms with Gasteiger partial charge in [-0.15, -0.1) is 17.9 Å². The van der Waals surface area contributed by atoms with Crippen molar-refractivity contribution < 1.29 is 4.79 Å². The van der Waals surface area contributed by atoms with Gasteiger partial charge in [0.1, 0.15) is 4.83 Å². The van der Waals surface area contributed by atoms with E-state index in [0.717, 1.165) is 42.3 Å². The number of rotatable bonds is 8. The molecule has 3 rings (SSSR count). The number of thioether (sulfide) groups is 1. The van der Waals surface area contributed by atoms with Crippen LogP contribution in [0.2, 0.25) is 0 Å². The van der Waals surface area contributed by atoms with Crippen molar-refractivity contribution in [3.8, 4) is 0 Å². The van der Waals surface area contributed by atoms with Crippen LogP contribution in [0.25, 0.3) is 10.2 Å². The van der Waals surface area contributed by atoms with Gasteiger partial charge in [-0.2, -0.15) is 0 Å². The summed E-state index contributed by atoms with van der Waals surface area (Å²) in [6, 6.07) is 0.203. The minimum absolute atomic E-state index is 0.00259. The number of allylic oxidation sites excluding steroid dienone is 1. The fraction of sp³-hybridized carbons (Fsp3) is 0.526. The number of aryl methyl sites for hydroxylation is 2. The van der Waals surface area contributed by atoms with Crippen molar-refractivity contribution in [2.45, 2.75) is 63.7 Å². The molecule has 1 N–H and O–H groups in total. The van der Waals surface area contributed by atoms with Gasteiger partial charge in [0.2, 0.25) is 5.91 Å². The third kappa shape index (κ3) is 3.74. The highest BCUT2D eigenvalue weighted by Crippen LogP contribution is 2.35. The van der Waals surface area contributed by atoms with E-state index in [9.17, 15) is 9.59 Å². The second-order valence-electron chi connectivity index (χ2n) is 6.51. The lowest BCUT2D eigenvalue weighted by molar-refractivity contribution is -0.119. The lowest BCUT2D eigenvalue weighted by Crippen LogP contribution is -2.35. The van der Waals surface area contributed by atoms with E-state index in [-0.39, 0.29) is 23.3 Å². The highest BCUT2D eigenvalue weighted by atomic mass is 32.2. The second kappa shape index (κ2) is 8.39. The number of amides is 1. The number of aromatic nitrogens is 2. The van der Waals surface area contributed by atoms with Crippen LogP contribution in [0.15, 0.2) is 22.6 Å². The van der Waals surface area contributed by atoms with Gasteiger partial charge < -0.3 is 5.32 Å². The van der Waals surface area contributed by atoms with Gasteiger partial charge in [-0.05, 0) is 37.7 Å². The van der Waals surface area contributed by atoms with Gasteiger partial charge in [-0.25, -0.2) is 4.98 Å². The molecule has 1 amide bonds. The molecule has 2 aromatic heterocycles. The van der Waals surface area contributed by atoms with E-state index in [1.165, 1.54) is 22.2 Å². The maximum absolute atomic E-state index is 13.0. The van der Waals surface area contributed by atoms with Crippen LogP contribution in [-0.4, -0.2) is 27.3 Å². The Morgan fingerprint density at radius 1 is 1.42 bits per heavy atom. The molecule has 1 aliphatic carbocycles. The van der Waals surface area contributed by atoms with Crippen LogP contribution in [0, 0.1) is 0 Å². The van der Waals surface area contributed by atoms with Gasteiger partial charge in [-0.3, -0.25) is 14.2 Å². The van der Waals surface area contributed by atoms with Crippen LogP contribution in [0.3, 0.4) is 0 Å². The molecule has 0 aliphatic heterocycles. The summed E-state index contributed by atoms with van der Waals surface area (Å²) >= 11 is 2.96. The molecule has 0 atom stereocenters. The Labute approximate surface area is 161 Å². The maximum Gasteiger partial charge on any atom is 0.263 e. The minimum atomic E-state index is -0.0168.